The first kappa shape index (κ1) is 15.2. The summed E-state index contributed by atoms with van der Waals surface area (Å²) in [6.45, 7) is 6.14. The molecule has 0 heterocycles. The number of anilines is 1. The number of nitrogens with one attached hydrogen (secondary N) is 1. The van der Waals surface area contributed by atoms with E-state index < -0.39 is 5.51 Å². The molecule has 102 valence electrons. The first-order chi connectivity index (χ1) is 8.33. The highest BCUT2D eigenvalue weighted by molar-refractivity contribution is 8.00. The summed E-state index contributed by atoms with van der Waals surface area (Å²) in [6.07, 6.45) is 0.878. The molecule has 1 atom stereocenters. The highest BCUT2D eigenvalue weighted by Crippen LogP contribution is 2.40. The van der Waals surface area contributed by atoms with Gasteiger partial charge in [0.1, 0.15) is 0 Å². The first-order valence-electron chi connectivity index (χ1n) is 5.94. The van der Waals surface area contributed by atoms with Gasteiger partial charge in [0.05, 0.1) is 0 Å². The highest BCUT2D eigenvalue weighted by Gasteiger charge is 2.30. The molecule has 0 aliphatic carbocycles. The van der Waals surface area contributed by atoms with Crippen LogP contribution >= 0.6 is 11.8 Å². The molecule has 0 aliphatic rings. The van der Waals surface area contributed by atoms with Crippen LogP contribution in [0.5, 0.6) is 0 Å². The van der Waals surface area contributed by atoms with Gasteiger partial charge in [0.15, 0.2) is 0 Å². The van der Waals surface area contributed by atoms with E-state index in [4.69, 9.17) is 0 Å². The number of rotatable bonds is 5. The lowest BCUT2D eigenvalue weighted by molar-refractivity contribution is -0.0327. The van der Waals surface area contributed by atoms with E-state index in [2.05, 4.69) is 19.2 Å². The molecule has 1 unspecified atom stereocenters. The van der Waals surface area contributed by atoms with Gasteiger partial charge in [-0.05, 0) is 36.2 Å². The summed E-state index contributed by atoms with van der Waals surface area (Å²) in [7, 11) is 0. The highest BCUT2D eigenvalue weighted by atomic mass is 32.2. The number of halogens is 3. The van der Waals surface area contributed by atoms with Crippen molar-refractivity contribution in [3.05, 3.63) is 24.3 Å². The molecule has 1 rings (SSSR count). The van der Waals surface area contributed by atoms with Gasteiger partial charge in [0, 0.05) is 16.6 Å². The summed E-state index contributed by atoms with van der Waals surface area (Å²) in [5.41, 5.74) is -3.70. The standard InChI is InChI=1S/C13H18F3NS/c1-4-10(9(2)3)17-11-7-5-6-8-12(11)18-13(14,15)16/h5-10,17H,4H2,1-3H3. The predicted octanol–water partition coefficient (Wildman–Crippen LogP) is 5.15. The topological polar surface area (TPSA) is 12.0 Å². The van der Waals surface area contributed by atoms with Crippen LogP contribution in [-0.2, 0) is 0 Å². The minimum absolute atomic E-state index is 0.0709. The third-order valence-corrected chi connectivity index (χ3v) is 3.51. The molecule has 0 radical (unpaired) electrons. The second kappa shape index (κ2) is 6.36. The fourth-order valence-electron chi connectivity index (χ4n) is 1.74. The molecule has 0 bridgehead atoms. The van der Waals surface area contributed by atoms with Gasteiger partial charge in [0.25, 0.3) is 0 Å². The second-order valence-electron chi connectivity index (χ2n) is 4.45. The SMILES string of the molecule is CCC(Nc1ccccc1SC(F)(F)F)C(C)C. The predicted molar refractivity (Wildman–Crippen MR) is 70.9 cm³/mol. The normalized spacial score (nSPS) is 13.7. The molecule has 0 aliphatic heterocycles. The number of alkyl halides is 3. The van der Waals surface area contributed by atoms with E-state index in [1.165, 1.54) is 6.07 Å². The Labute approximate surface area is 110 Å². The van der Waals surface area contributed by atoms with Crippen molar-refractivity contribution in [2.24, 2.45) is 5.92 Å². The zero-order valence-electron chi connectivity index (χ0n) is 10.7. The van der Waals surface area contributed by atoms with E-state index in [9.17, 15) is 13.2 Å². The Morgan fingerprint density at radius 1 is 1.22 bits per heavy atom. The second-order valence-corrected chi connectivity index (χ2v) is 5.55. The van der Waals surface area contributed by atoms with Crippen molar-refractivity contribution in [3.63, 3.8) is 0 Å². The molecule has 1 aromatic carbocycles. The molecule has 0 saturated heterocycles. The van der Waals surface area contributed by atoms with Crippen molar-refractivity contribution >= 4 is 17.4 Å². The Morgan fingerprint density at radius 3 is 2.33 bits per heavy atom. The van der Waals surface area contributed by atoms with Gasteiger partial charge < -0.3 is 5.32 Å². The van der Waals surface area contributed by atoms with Gasteiger partial charge in [-0.2, -0.15) is 13.2 Å². The monoisotopic (exact) mass is 277 g/mol. The van der Waals surface area contributed by atoms with E-state index in [0.717, 1.165) is 6.42 Å². The average Bonchev–Trinajstić information content (AvgIpc) is 2.25. The van der Waals surface area contributed by atoms with Gasteiger partial charge in [-0.25, -0.2) is 0 Å². The Hall–Kier alpha value is -0.840. The lowest BCUT2D eigenvalue weighted by Crippen LogP contribution is -2.25. The van der Waals surface area contributed by atoms with E-state index in [1.807, 2.05) is 6.92 Å². The Morgan fingerprint density at radius 2 is 1.83 bits per heavy atom. The van der Waals surface area contributed by atoms with Crippen LogP contribution in [-0.4, -0.2) is 11.6 Å². The van der Waals surface area contributed by atoms with Crippen molar-refractivity contribution < 1.29 is 13.2 Å². The summed E-state index contributed by atoms with van der Waals surface area (Å²) in [5, 5.41) is 3.20. The van der Waals surface area contributed by atoms with Gasteiger partial charge in [-0.1, -0.05) is 32.9 Å². The molecule has 0 fully saturated rings. The maximum absolute atomic E-state index is 12.4. The maximum atomic E-state index is 12.4. The van der Waals surface area contributed by atoms with Crippen LogP contribution in [0, 0.1) is 5.92 Å². The lowest BCUT2D eigenvalue weighted by atomic mass is 10.0. The van der Waals surface area contributed by atoms with Crippen LogP contribution < -0.4 is 5.32 Å². The van der Waals surface area contributed by atoms with Crippen molar-refractivity contribution in [1.82, 2.24) is 0 Å². The molecule has 0 aromatic heterocycles. The minimum atomic E-state index is -4.25. The molecule has 1 aromatic rings. The minimum Gasteiger partial charge on any atom is -0.381 e. The molecule has 18 heavy (non-hydrogen) atoms. The van der Waals surface area contributed by atoms with E-state index in [0.29, 0.717) is 11.6 Å². The van der Waals surface area contributed by atoms with Crippen molar-refractivity contribution in [1.29, 1.82) is 0 Å². The molecule has 1 N–H and O–H groups in total. The fraction of sp³-hybridized carbons (Fsp3) is 0.538. The van der Waals surface area contributed by atoms with E-state index in [-0.39, 0.29) is 22.7 Å². The zero-order chi connectivity index (χ0) is 13.8. The van der Waals surface area contributed by atoms with Gasteiger partial charge in [0.2, 0.25) is 0 Å². The Bertz CT molecular complexity index is 377. The van der Waals surface area contributed by atoms with Crippen molar-refractivity contribution in [3.8, 4) is 0 Å². The van der Waals surface area contributed by atoms with Crippen molar-refractivity contribution in [2.75, 3.05) is 5.32 Å². The molecule has 5 heteroatoms. The molecular weight excluding hydrogens is 259 g/mol. The summed E-state index contributed by atoms with van der Waals surface area (Å²) in [5.74, 6) is 0.374. The van der Waals surface area contributed by atoms with Crippen LogP contribution in [0.15, 0.2) is 29.2 Å². The van der Waals surface area contributed by atoms with Gasteiger partial charge in [-0.3, -0.25) is 0 Å². The third-order valence-electron chi connectivity index (χ3n) is 2.70. The summed E-state index contributed by atoms with van der Waals surface area (Å²) in [6, 6.07) is 6.73. The number of thioether (sulfide) groups is 1. The Kier molecular flexibility index (Phi) is 5.38. The van der Waals surface area contributed by atoms with Crippen LogP contribution in [0.3, 0.4) is 0 Å². The van der Waals surface area contributed by atoms with E-state index in [1.54, 1.807) is 18.2 Å². The van der Waals surface area contributed by atoms with Crippen LogP contribution in [0.4, 0.5) is 18.9 Å². The smallest absolute Gasteiger partial charge is 0.381 e. The number of hydrogen-bond donors (Lipinski definition) is 1. The zero-order valence-corrected chi connectivity index (χ0v) is 11.5. The van der Waals surface area contributed by atoms with Crippen LogP contribution in [0.2, 0.25) is 0 Å². The molecule has 0 amide bonds. The third kappa shape index (κ3) is 4.80. The largest absolute Gasteiger partial charge is 0.446 e. The summed E-state index contributed by atoms with van der Waals surface area (Å²) in [4.78, 5) is 0.226. The lowest BCUT2D eigenvalue weighted by Gasteiger charge is -2.23. The average molecular weight is 277 g/mol. The molecule has 0 saturated carbocycles. The molecule has 0 spiro atoms. The quantitative estimate of drug-likeness (QED) is 0.747. The fourth-order valence-corrected chi connectivity index (χ4v) is 2.37. The first-order valence-corrected chi connectivity index (χ1v) is 6.76. The number of benzene rings is 1. The maximum Gasteiger partial charge on any atom is 0.446 e. The molecule has 1 nitrogen and oxygen atoms in total. The van der Waals surface area contributed by atoms with Gasteiger partial charge in [-0.15, -0.1) is 0 Å². The van der Waals surface area contributed by atoms with Crippen LogP contribution in [0.1, 0.15) is 27.2 Å². The number of para-hydroxylation sites is 1. The molecular formula is C13H18F3NS. The Balaban J connectivity index is 2.88. The summed E-state index contributed by atoms with van der Waals surface area (Å²) >= 11 is -0.0709. The summed E-state index contributed by atoms with van der Waals surface area (Å²) < 4.78 is 37.3. The van der Waals surface area contributed by atoms with Crippen molar-refractivity contribution in [2.45, 2.75) is 43.6 Å². The van der Waals surface area contributed by atoms with E-state index >= 15 is 0 Å². The van der Waals surface area contributed by atoms with Gasteiger partial charge >= 0.3 is 5.51 Å². The van der Waals surface area contributed by atoms with Crippen LogP contribution in [0.25, 0.3) is 0 Å². The number of hydrogen-bond acceptors (Lipinski definition) is 2.